The summed E-state index contributed by atoms with van der Waals surface area (Å²) in [7, 11) is 0. The molecule has 0 aromatic heterocycles. The van der Waals surface area contributed by atoms with E-state index in [4.69, 9.17) is 0 Å². The second kappa shape index (κ2) is 5.75. The van der Waals surface area contributed by atoms with Crippen LogP contribution < -0.4 is 0 Å². The molecule has 0 N–H and O–H groups in total. The van der Waals surface area contributed by atoms with E-state index in [1.54, 1.807) is 0 Å². The van der Waals surface area contributed by atoms with Crippen LogP contribution in [0.4, 0.5) is 0 Å². The SMILES string of the molecule is C/C=C/[C@H](CC(C)C)C[N+](=O)[O-]. The Morgan fingerprint density at radius 2 is 2.08 bits per heavy atom. The number of rotatable bonds is 5. The van der Waals surface area contributed by atoms with Crippen molar-refractivity contribution in [1.82, 2.24) is 0 Å². The Kier molecular flexibility index (Phi) is 5.34. The number of hydrogen-bond donors (Lipinski definition) is 0. The van der Waals surface area contributed by atoms with Crippen LogP contribution in [0.5, 0.6) is 0 Å². The Labute approximate surface area is 73.6 Å². The molecule has 70 valence electrons. The fraction of sp³-hybridized carbons (Fsp3) is 0.778. The summed E-state index contributed by atoms with van der Waals surface area (Å²) in [6.07, 6.45) is 4.70. The van der Waals surface area contributed by atoms with E-state index in [0.717, 1.165) is 6.42 Å². The summed E-state index contributed by atoms with van der Waals surface area (Å²) in [6, 6.07) is 0. The summed E-state index contributed by atoms with van der Waals surface area (Å²) < 4.78 is 0. The second-order valence-corrected chi connectivity index (χ2v) is 3.43. The fourth-order valence-electron chi connectivity index (χ4n) is 1.28. The van der Waals surface area contributed by atoms with Gasteiger partial charge in [-0.2, -0.15) is 0 Å². The zero-order chi connectivity index (χ0) is 9.56. The van der Waals surface area contributed by atoms with Crippen molar-refractivity contribution in [3.63, 3.8) is 0 Å². The van der Waals surface area contributed by atoms with E-state index < -0.39 is 0 Å². The molecule has 0 heterocycles. The predicted molar refractivity (Wildman–Crippen MR) is 49.6 cm³/mol. The zero-order valence-corrected chi connectivity index (χ0v) is 7.99. The highest BCUT2D eigenvalue weighted by atomic mass is 16.6. The van der Waals surface area contributed by atoms with E-state index in [2.05, 4.69) is 13.8 Å². The molecular weight excluding hydrogens is 154 g/mol. The molecule has 0 spiro atoms. The van der Waals surface area contributed by atoms with Gasteiger partial charge >= 0.3 is 0 Å². The third-order valence-corrected chi connectivity index (χ3v) is 1.62. The van der Waals surface area contributed by atoms with Gasteiger partial charge in [-0.25, -0.2) is 0 Å². The van der Waals surface area contributed by atoms with Crippen LogP contribution in [0.1, 0.15) is 27.2 Å². The molecular formula is C9H17NO2. The lowest BCUT2D eigenvalue weighted by Crippen LogP contribution is -2.14. The molecule has 0 saturated carbocycles. The van der Waals surface area contributed by atoms with E-state index in [1.807, 2.05) is 19.1 Å². The van der Waals surface area contributed by atoms with Gasteiger partial charge in [-0.3, -0.25) is 10.1 Å². The molecule has 3 nitrogen and oxygen atoms in total. The first-order valence-corrected chi connectivity index (χ1v) is 4.30. The highest BCUT2D eigenvalue weighted by Crippen LogP contribution is 2.13. The summed E-state index contributed by atoms with van der Waals surface area (Å²) in [5.74, 6) is 0.621. The van der Waals surface area contributed by atoms with Crippen molar-refractivity contribution in [2.75, 3.05) is 6.54 Å². The van der Waals surface area contributed by atoms with Gasteiger partial charge in [0, 0.05) is 10.8 Å². The molecule has 0 radical (unpaired) electrons. The molecule has 3 heteroatoms. The average Bonchev–Trinajstić information content (AvgIpc) is 1.84. The lowest BCUT2D eigenvalue weighted by atomic mass is 9.97. The highest BCUT2D eigenvalue weighted by Gasteiger charge is 2.12. The Morgan fingerprint density at radius 1 is 1.50 bits per heavy atom. The number of hydrogen-bond acceptors (Lipinski definition) is 2. The zero-order valence-electron chi connectivity index (χ0n) is 7.99. The third kappa shape index (κ3) is 5.89. The van der Waals surface area contributed by atoms with E-state index in [1.165, 1.54) is 0 Å². The van der Waals surface area contributed by atoms with Gasteiger partial charge in [-0.05, 0) is 19.3 Å². The standard InChI is InChI=1S/C9H17NO2/c1-4-5-9(6-8(2)3)7-10(11)12/h4-5,8-9H,6-7H2,1-3H3/b5-4+/t9-/m1/s1. The van der Waals surface area contributed by atoms with Crippen LogP contribution in [0, 0.1) is 22.0 Å². The Bertz CT molecular complexity index is 164. The molecule has 0 amide bonds. The topological polar surface area (TPSA) is 43.1 Å². The fourth-order valence-corrected chi connectivity index (χ4v) is 1.28. The van der Waals surface area contributed by atoms with Crippen molar-refractivity contribution in [2.24, 2.45) is 11.8 Å². The first-order valence-electron chi connectivity index (χ1n) is 4.30. The molecule has 0 unspecified atom stereocenters. The van der Waals surface area contributed by atoms with Crippen LogP contribution in [0.2, 0.25) is 0 Å². The number of allylic oxidation sites excluding steroid dienone is 1. The average molecular weight is 171 g/mol. The van der Waals surface area contributed by atoms with Gasteiger partial charge in [0.25, 0.3) is 0 Å². The van der Waals surface area contributed by atoms with Crippen molar-refractivity contribution in [2.45, 2.75) is 27.2 Å². The first kappa shape index (κ1) is 11.1. The van der Waals surface area contributed by atoms with E-state index in [0.29, 0.717) is 5.92 Å². The summed E-state index contributed by atoms with van der Waals surface area (Å²) >= 11 is 0. The Morgan fingerprint density at radius 3 is 2.42 bits per heavy atom. The lowest BCUT2D eigenvalue weighted by molar-refractivity contribution is -0.486. The molecule has 0 fully saturated rings. The maximum Gasteiger partial charge on any atom is 0.210 e. The second-order valence-electron chi connectivity index (χ2n) is 3.43. The smallest absolute Gasteiger partial charge is 0.210 e. The molecule has 1 atom stereocenters. The van der Waals surface area contributed by atoms with Gasteiger partial charge in [0.2, 0.25) is 6.54 Å². The minimum absolute atomic E-state index is 0.0581. The normalized spacial score (nSPS) is 14.0. The first-order chi connectivity index (χ1) is 5.56. The summed E-state index contributed by atoms with van der Waals surface area (Å²) in [6.45, 7) is 6.11. The van der Waals surface area contributed by atoms with Crippen LogP contribution in [-0.4, -0.2) is 11.5 Å². The summed E-state index contributed by atoms with van der Waals surface area (Å²) in [4.78, 5) is 9.99. The van der Waals surface area contributed by atoms with Crippen LogP contribution in [-0.2, 0) is 0 Å². The third-order valence-electron chi connectivity index (χ3n) is 1.62. The maximum absolute atomic E-state index is 10.2. The molecule has 0 saturated heterocycles. The van der Waals surface area contributed by atoms with Crippen molar-refractivity contribution < 1.29 is 4.92 Å². The summed E-state index contributed by atoms with van der Waals surface area (Å²) in [5, 5.41) is 10.2. The highest BCUT2D eigenvalue weighted by molar-refractivity contribution is 4.85. The van der Waals surface area contributed by atoms with Crippen molar-refractivity contribution in [1.29, 1.82) is 0 Å². The molecule has 0 rings (SSSR count). The maximum atomic E-state index is 10.2. The molecule has 0 aliphatic carbocycles. The molecule has 0 aromatic rings. The monoisotopic (exact) mass is 171 g/mol. The van der Waals surface area contributed by atoms with Crippen LogP contribution >= 0.6 is 0 Å². The number of nitrogens with zero attached hydrogens (tertiary/aromatic N) is 1. The molecule has 0 aromatic carbocycles. The minimum atomic E-state index is -0.243. The molecule has 0 bridgehead atoms. The van der Waals surface area contributed by atoms with Crippen molar-refractivity contribution >= 4 is 0 Å². The van der Waals surface area contributed by atoms with Crippen LogP contribution in [0.15, 0.2) is 12.2 Å². The molecule has 12 heavy (non-hydrogen) atoms. The largest absolute Gasteiger partial charge is 0.265 e. The quantitative estimate of drug-likeness (QED) is 0.362. The van der Waals surface area contributed by atoms with Gasteiger partial charge in [0.15, 0.2) is 0 Å². The molecule has 0 aliphatic heterocycles. The predicted octanol–water partition coefficient (Wildman–Crippen LogP) is 2.50. The van der Waals surface area contributed by atoms with Crippen molar-refractivity contribution in [3.8, 4) is 0 Å². The van der Waals surface area contributed by atoms with Gasteiger partial charge in [0.05, 0.1) is 0 Å². The summed E-state index contributed by atoms with van der Waals surface area (Å²) in [5.41, 5.74) is 0. The number of nitro groups is 1. The van der Waals surface area contributed by atoms with Gasteiger partial charge in [-0.1, -0.05) is 26.0 Å². The van der Waals surface area contributed by atoms with E-state index in [9.17, 15) is 10.1 Å². The van der Waals surface area contributed by atoms with E-state index in [-0.39, 0.29) is 17.4 Å². The van der Waals surface area contributed by atoms with Crippen LogP contribution in [0.25, 0.3) is 0 Å². The Balaban J connectivity index is 3.95. The van der Waals surface area contributed by atoms with Crippen molar-refractivity contribution in [3.05, 3.63) is 22.3 Å². The lowest BCUT2D eigenvalue weighted by Gasteiger charge is -2.09. The van der Waals surface area contributed by atoms with Gasteiger partial charge in [0.1, 0.15) is 0 Å². The molecule has 0 aliphatic rings. The van der Waals surface area contributed by atoms with Gasteiger partial charge in [-0.15, -0.1) is 0 Å². The Hall–Kier alpha value is -0.860. The van der Waals surface area contributed by atoms with Gasteiger partial charge < -0.3 is 0 Å². The van der Waals surface area contributed by atoms with Crippen LogP contribution in [0.3, 0.4) is 0 Å². The minimum Gasteiger partial charge on any atom is -0.265 e. The van der Waals surface area contributed by atoms with E-state index >= 15 is 0 Å².